The van der Waals surface area contributed by atoms with Crippen molar-refractivity contribution in [1.29, 1.82) is 5.26 Å². The van der Waals surface area contributed by atoms with Gasteiger partial charge in [-0.05, 0) is 36.8 Å². The van der Waals surface area contributed by atoms with Crippen LogP contribution in [0.25, 0.3) is 0 Å². The number of carbonyl (C=O) groups is 1. The van der Waals surface area contributed by atoms with Gasteiger partial charge in [0.05, 0.1) is 30.7 Å². The third kappa shape index (κ3) is 7.23. The number of ether oxygens (including phenoxy) is 2. The molecule has 1 amide bonds. The lowest BCUT2D eigenvalue weighted by Gasteiger charge is -2.35. The van der Waals surface area contributed by atoms with Crippen molar-refractivity contribution in [3.63, 3.8) is 0 Å². The first-order valence-electron chi connectivity index (χ1n) is 13.8. The predicted octanol–water partition coefficient (Wildman–Crippen LogP) is 2.94. The molecule has 2 aliphatic rings. The Kier molecular flexibility index (Phi) is 9.10. The number of alkyl halides is 3. The van der Waals surface area contributed by atoms with Crippen LogP contribution in [0.5, 0.6) is 5.75 Å². The number of H-pyrrole nitrogens is 1. The Hall–Kier alpha value is -4.64. The average molecular weight is 598 g/mol. The number of benzene rings is 1. The molecule has 1 N–H and O–H groups in total. The van der Waals surface area contributed by atoms with Crippen LogP contribution in [0.2, 0.25) is 0 Å². The first-order valence-corrected chi connectivity index (χ1v) is 13.8. The lowest BCUT2D eigenvalue weighted by molar-refractivity contribution is -0.138. The van der Waals surface area contributed by atoms with Crippen molar-refractivity contribution in [3.05, 3.63) is 75.8 Å². The van der Waals surface area contributed by atoms with E-state index in [-0.39, 0.29) is 30.7 Å². The highest BCUT2D eigenvalue weighted by atomic mass is 19.4. The SMILES string of the molecule is N#Cc1ccc(N2CCN(C(=O)c3cccc(OCCOCC4CCN(c5cn[nH]c(=O)c5C(F)(F)F)C4)c3)CC2)nc1. The lowest BCUT2D eigenvalue weighted by Crippen LogP contribution is -2.49. The third-order valence-corrected chi connectivity index (χ3v) is 7.44. The van der Waals surface area contributed by atoms with E-state index in [0.717, 1.165) is 12.0 Å². The van der Waals surface area contributed by atoms with Crippen LogP contribution in [0.3, 0.4) is 0 Å². The number of nitrogens with zero attached hydrogens (tertiary/aromatic N) is 6. The minimum atomic E-state index is -4.78. The minimum absolute atomic E-state index is 0.00511. The molecular weight excluding hydrogens is 567 g/mol. The van der Waals surface area contributed by atoms with Crippen LogP contribution >= 0.6 is 0 Å². The number of halogens is 3. The molecule has 0 aliphatic carbocycles. The van der Waals surface area contributed by atoms with Crippen LogP contribution in [0.4, 0.5) is 24.7 Å². The summed E-state index contributed by atoms with van der Waals surface area (Å²) in [5, 5.41) is 14.3. The van der Waals surface area contributed by atoms with Crippen LogP contribution in [0.1, 0.15) is 27.9 Å². The maximum Gasteiger partial charge on any atom is 0.423 e. The molecule has 43 heavy (non-hydrogen) atoms. The number of hydrogen-bond acceptors (Lipinski definition) is 9. The summed E-state index contributed by atoms with van der Waals surface area (Å²) >= 11 is 0. The summed E-state index contributed by atoms with van der Waals surface area (Å²) in [6.07, 6.45) is -1.59. The van der Waals surface area contributed by atoms with Crippen LogP contribution in [-0.2, 0) is 10.9 Å². The van der Waals surface area contributed by atoms with Gasteiger partial charge in [0, 0.05) is 56.9 Å². The molecule has 2 aliphatic heterocycles. The number of aromatic nitrogens is 3. The third-order valence-electron chi connectivity index (χ3n) is 7.44. The molecule has 2 aromatic heterocycles. The second-order valence-corrected chi connectivity index (χ2v) is 10.3. The summed E-state index contributed by atoms with van der Waals surface area (Å²) in [6, 6.07) is 12.5. The maximum atomic E-state index is 13.4. The molecule has 0 bridgehead atoms. The van der Waals surface area contributed by atoms with Crippen molar-refractivity contribution in [2.75, 3.05) is 68.9 Å². The first kappa shape index (κ1) is 29.8. The quantitative estimate of drug-likeness (QED) is 0.371. The molecule has 226 valence electrons. The predicted molar refractivity (Wildman–Crippen MR) is 150 cm³/mol. The molecule has 11 nitrogen and oxygen atoms in total. The Balaban J connectivity index is 1.04. The molecule has 5 rings (SSSR count). The summed E-state index contributed by atoms with van der Waals surface area (Å²) in [6.45, 7) is 3.83. The molecule has 1 unspecified atom stereocenters. The van der Waals surface area contributed by atoms with Gasteiger partial charge in [0.15, 0.2) is 0 Å². The zero-order valence-corrected chi connectivity index (χ0v) is 23.2. The van der Waals surface area contributed by atoms with Gasteiger partial charge in [0.2, 0.25) is 0 Å². The highest BCUT2D eigenvalue weighted by molar-refractivity contribution is 5.94. The number of hydrogen-bond donors (Lipinski definition) is 1. The number of carbonyl (C=O) groups excluding carboxylic acids is 1. The molecule has 2 saturated heterocycles. The lowest BCUT2D eigenvalue weighted by atomic mass is 10.1. The molecule has 3 aromatic rings. The van der Waals surface area contributed by atoms with Crippen molar-refractivity contribution in [2.45, 2.75) is 12.6 Å². The molecule has 1 aromatic carbocycles. The number of nitriles is 1. The second kappa shape index (κ2) is 13.1. The Morgan fingerprint density at radius 3 is 2.60 bits per heavy atom. The van der Waals surface area contributed by atoms with Crippen molar-refractivity contribution in [1.82, 2.24) is 20.1 Å². The number of pyridine rings is 1. The van der Waals surface area contributed by atoms with E-state index in [1.807, 2.05) is 11.2 Å². The minimum Gasteiger partial charge on any atom is -0.491 e. The topological polar surface area (TPSA) is 128 Å². The van der Waals surface area contributed by atoms with E-state index < -0.39 is 17.3 Å². The Bertz CT molecular complexity index is 1520. The largest absolute Gasteiger partial charge is 0.491 e. The number of nitrogens with one attached hydrogen (secondary N) is 1. The fraction of sp³-hybridized carbons (Fsp3) is 0.414. The van der Waals surface area contributed by atoms with E-state index in [1.54, 1.807) is 35.2 Å². The van der Waals surface area contributed by atoms with E-state index in [1.165, 1.54) is 11.1 Å². The van der Waals surface area contributed by atoms with Crippen molar-refractivity contribution < 1.29 is 27.4 Å². The number of anilines is 2. The van der Waals surface area contributed by atoms with Crippen molar-refractivity contribution in [3.8, 4) is 11.8 Å². The Labute approximate surface area is 245 Å². The zero-order chi connectivity index (χ0) is 30.4. The molecule has 0 radical (unpaired) electrons. The summed E-state index contributed by atoms with van der Waals surface area (Å²) < 4.78 is 51.7. The first-order chi connectivity index (χ1) is 20.7. The molecule has 0 spiro atoms. The van der Waals surface area contributed by atoms with Crippen molar-refractivity contribution >= 4 is 17.4 Å². The van der Waals surface area contributed by atoms with Gasteiger partial charge in [-0.2, -0.15) is 23.5 Å². The van der Waals surface area contributed by atoms with Gasteiger partial charge in [-0.1, -0.05) is 6.07 Å². The Morgan fingerprint density at radius 1 is 1.07 bits per heavy atom. The van der Waals surface area contributed by atoms with Gasteiger partial charge in [0.25, 0.3) is 11.5 Å². The van der Waals surface area contributed by atoms with Gasteiger partial charge in [-0.25, -0.2) is 10.1 Å². The van der Waals surface area contributed by atoms with Crippen LogP contribution in [0.15, 0.2) is 53.6 Å². The summed E-state index contributed by atoms with van der Waals surface area (Å²) in [5.74, 6) is 1.21. The van der Waals surface area contributed by atoms with Crippen LogP contribution in [0, 0.1) is 17.2 Å². The van der Waals surface area contributed by atoms with E-state index in [2.05, 4.69) is 21.1 Å². The van der Waals surface area contributed by atoms with Crippen LogP contribution < -0.4 is 20.1 Å². The molecule has 0 saturated carbocycles. The van der Waals surface area contributed by atoms with E-state index >= 15 is 0 Å². The summed E-state index contributed by atoms with van der Waals surface area (Å²) in [5.41, 5.74) is -1.70. The number of piperazine rings is 1. The molecule has 1 atom stereocenters. The number of amides is 1. The molecule has 14 heteroatoms. The Morgan fingerprint density at radius 2 is 1.88 bits per heavy atom. The van der Waals surface area contributed by atoms with Gasteiger partial charge in [-0.3, -0.25) is 9.59 Å². The highest BCUT2D eigenvalue weighted by Gasteiger charge is 2.40. The fourth-order valence-electron chi connectivity index (χ4n) is 5.24. The fourth-order valence-corrected chi connectivity index (χ4v) is 5.24. The van der Waals surface area contributed by atoms with Gasteiger partial charge >= 0.3 is 6.18 Å². The number of rotatable bonds is 9. The number of aromatic amines is 1. The smallest absolute Gasteiger partial charge is 0.423 e. The zero-order valence-electron chi connectivity index (χ0n) is 23.2. The second-order valence-electron chi connectivity index (χ2n) is 10.3. The highest BCUT2D eigenvalue weighted by Crippen LogP contribution is 2.35. The maximum absolute atomic E-state index is 13.4. The molecule has 4 heterocycles. The van der Waals surface area contributed by atoms with Crippen molar-refractivity contribution in [2.24, 2.45) is 5.92 Å². The molecular formula is C29H30F3N7O4. The van der Waals surface area contributed by atoms with Gasteiger partial charge in [0.1, 0.15) is 29.8 Å². The summed E-state index contributed by atoms with van der Waals surface area (Å²) in [4.78, 5) is 34.6. The van der Waals surface area contributed by atoms with Gasteiger partial charge < -0.3 is 24.2 Å². The average Bonchev–Trinajstić information content (AvgIpc) is 3.49. The van der Waals surface area contributed by atoms with Crippen LogP contribution in [-0.4, -0.2) is 85.1 Å². The standard InChI is InChI=1S/C29H30F3N7O4/c30-29(31,32)26-24(17-35-36-27(26)40)39-7-6-21(18-39)19-42-12-13-43-23-3-1-2-22(14-23)28(41)38-10-8-37(9-11-38)25-5-4-20(15-33)16-34-25/h1-5,14,16-17,21H,6-13,18-19H2,(H,36,40). The monoisotopic (exact) mass is 597 g/mol. The van der Waals surface area contributed by atoms with E-state index in [9.17, 15) is 22.8 Å². The van der Waals surface area contributed by atoms with Gasteiger partial charge in [-0.15, -0.1) is 0 Å². The van der Waals surface area contributed by atoms with E-state index in [0.29, 0.717) is 69.2 Å². The summed E-state index contributed by atoms with van der Waals surface area (Å²) in [7, 11) is 0. The molecule has 2 fully saturated rings. The van der Waals surface area contributed by atoms with E-state index in [4.69, 9.17) is 14.7 Å². The normalized spacial score (nSPS) is 17.2.